The summed E-state index contributed by atoms with van der Waals surface area (Å²) in [4.78, 5) is 0. The van der Waals surface area contributed by atoms with Gasteiger partial charge in [-0.25, -0.2) is 4.39 Å². The first-order valence-corrected chi connectivity index (χ1v) is 6.27. The number of rotatable bonds is 6. The molecule has 0 saturated heterocycles. The summed E-state index contributed by atoms with van der Waals surface area (Å²) in [5, 5.41) is 12.5. The van der Waals surface area contributed by atoms with Gasteiger partial charge in [0.1, 0.15) is 5.75 Å². The fraction of sp³-hybridized carbons (Fsp3) is 0.200. The van der Waals surface area contributed by atoms with E-state index in [-0.39, 0.29) is 18.8 Å². The Morgan fingerprint density at radius 2 is 1.67 bits per heavy atom. The van der Waals surface area contributed by atoms with Crippen molar-refractivity contribution in [3.63, 3.8) is 0 Å². The minimum absolute atomic E-state index is 0.0865. The lowest BCUT2D eigenvalue weighted by Gasteiger charge is -2.12. The molecule has 0 saturated carbocycles. The van der Waals surface area contributed by atoms with Gasteiger partial charge in [-0.05, 0) is 12.1 Å². The maximum absolute atomic E-state index is 13.2. The molecule has 0 spiro atoms. The number of aromatic hydroxyl groups is 1. The molecule has 0 aliphatic carbocycles. The van der Waals surface area contributed by atoms with E-state index in [1.165, 1.54) is 12.1 Å². The van der Waals surface area contributed by atoms with Crippen molar-refractivity contribution in [1.29, 1.82) is 0 Å². The first kappa shape index (κ1) is 15.2. The third-order valence-corrected chi connectivity index (χ3v) is 2.89. The highest BCUT2D eigenvalue weighted by Crippen LogP contribution is 2.22. The van der Waals surface area contributed by atoms with Gasteiger partial charge < -0.3 is 15.2 Å². The molecule has 0 aliphatic heterocycles. The van der Waals surface area contributed by atoms with Crippen LogP contribution in [0.15, 0.2) is 42.5 Å². The predicted octanol–water partition coefficient (Wildman–Crippen LogP) is 3.42. The number of para-hydroxylation sites is 2. The highest BCUT2D eigenvalue weighted by molar-refractivity contribution is 5.35. The monoisotopic (exact) mass is 297 g/mol. The van der Waals surface area contributed by atoms with Crippen LogP contribution in [0.4, 0.5) is 13.2 Å². The van der Waals surface area contributed by atoms with Gasteiger partial charge >= 0.3 is 6.61 Å². The van der Waals surface area contributed by atoms with E-state index in [4.69, 9.17) is 0 Å². The highest BCUT2D eigenvalue weighted by atomic mass is 19.3. The van der Waals surface area contributed by atoms with Gasteiger partial charge in [0.25, 0.3) is 0 Å². The SMILES string of the molecule is Oc1c(F)cccc1CNCc1ccccc1OC(F)F. The maximum atomic E-state index is 13.2. The van der Waals surface area contributed by atoms with Crippen LogP contribution in [-0.4, -0.2) is 11.7 Å². The molecule has 0 heterocycles. The average molecular weight is 297 g/mol. The van der Waals surface area contributed by atoms with E-state index in [1.807, 2.05) is 0 Å². The lowest BCUT2D eigenvalue weighted by Crippen LogP contribution is -2.14. The van der Waals surface area contributed by atoms with Gasteiger partial charge in [-0.15, -0.1) is 0 Å². The Hall–Kier alpha value is -2.21. The van der Waals surface area contributed by atoms with E-state index >= 15 is 0 Å². The molecule has 112 valence electrons. The molecule has 21 heavy (non-hydrogen) atoms. The van der Waals surface area contributed by atoms with Crippen molar-refractivity contribution < 1.29 is 23.0 Å². The van der Waals surface area contributed by atoms with E-state index < -0.39 is 18.2 Å². The fourth-order valence-corrected chi connectivity index (χ4v) is 1.90. The third kappa shape index (κ3) is 4.13. The molecule has 0 aromatic heterocycles. The fourth-order valence-electron chi connectivity index (χ4n) is 1.90. The van der Waals surface area contributed by atoms with Crippen LogP contribution in [0.3, 0.4) is 0 Å². The molecule has 2 aromatic rings. The lowest BCUT2D eigenvalue weighted by atomic mass is 10.1. The quantitative estimate of drug-likeness (QED) is 0.858. The van der Waals surface area contributed by atoms with Gasteiger partial charge in [0.05, 0.1) is 0 Å². The molecule has 2 N–H and O–H groups in total. The van der Waals surface area contributed by atoms with E-state index in [0.717, 1.165) is 6.07 Å². The second-order valence-corrected chi connectivity index (χ2v) is 4.34. The van der Waals surface area contributed by atoms with Crippen molar-refractivity contribution in [1.82, 2.24) is 5.32 Å². The van der Waals surface area contributed by atoms with E-state index in [9.17, 15) is 18.3 Å². The third-order valence-electron chi connectivity index (χ3n) is 2.89. The van der Waals surface area contributed by atoms with Crippen LogP contribution in [0, 0.1) is 5.82 Å². The number of benzene rings is 2. The smallest absolute Gasteiger partial charge is 0.387 e. The Balaban J connectivity index is 1.99. The van der Waals surface area contributed by atoms with Gasteiger partial charge in [0.2, 0.25) is 0 Å². The molecule has 0 aliphatic rings. The normalized spacial score (nSPS) is 10.9. The number of phenolic OH excluding ortho intramolecular Hbond substituents is 1. The minimum atomic E-state index is -2.89. The Kier molecular flexibility index (Phi) is 5.05. The zero-order valence-corrected chi connectivity index (χ0v) is 11.0. The van der Waals surface area contributed by atoms with Crippen molar-refractivity contribution in [2.75, 3.05) is 0 Å². The molecule has 0 fully saturated rings. The van der Waals surface area contributed by atoms with Crippen LogP contribution >= 0.6 is 0 Å². The summed E-state index contributed by atoms with van der Waals surface area (Å²) in [6.45, 7) is -2.44. The van der Waals surface area contributed by atoms with Crippen molar-refractivity contribution in [3.8, 4) is 11.5 Å². The zero-order chi connectivity index (χ0) is 15.2. The van der Waals surface area contributed by atoms with Crippen LogP contribution in [0.25, 0.3) is 0 Å². The summed E-state index contributed by atoms with van der Waals surface area (Å²) in [7, 11) is 0. The molecule has 0 radical (unpaired) electrons. The molecule has 3 nitrogen and oxygen atoms in total. The van der Waals surface area contributed by atoms with Crippen LogP contribution in [0.1, 0.15) is 11.1 Å². The van der Waals surface area contributed by atoms with Crippen molar-refractivity contribution in [3.05, 3.63) is 59.4 Å². The number of ether oxygens (including phenoxy) is 1. The Morgan fingerprint density at radius 3 is 2.43 bits per heavy atom. The number of phenols is 1. The first-order valence-electron chi connectivity index (χ1n) is 6.27. The van der Waals surface area contributed by atoms with Crippen molar-refractivity contribution >= 4 is 0 Å². The number of alkyl halides is 2. The van der Waals surface area contributed by atoms with Gasteiger partial charge in [0, 0.05) is 24.2 Å². The number of hydrogen-bond acceptors (Lipinski definition) is 3. The number of hydrogen-bond donors (Lipinski definition) is 2. The topological polar surface area (TPSA) is 41.5 Å². The second kappa shape index (κ2) is 6.99. The summed E-state index contributed by atoms with van der Waals surface area (Å²) >= 11 is 0. The van der Waals surface area contributed by atoms with E-state index in [0.29, 0.717) is 11.1 Å². The summed E-state index contributed by atoms with van der Waals surface area (Å²) in [6, 6.07) is 10.6. The number of nitrogens with one attached hydrogen (secondary N) is 1. The Labute approximate surface area is 120 Å². The zero-order valence-electron chi connectivity index (χ0n) is 11.0. The van der Waals surface area contributed by atoms with Gasteiger partial charge in [-0.2, -0.15) is 8.78 Å². The molecule has 0 bridgehead atoms. The molecule has 6 heteroatoms. The summed E-state index contributed by atoms with van der Waals surface area (Å²) < 4.78 is 42.1. The van der Waals surface area contributed by atoms with Gasteiger partial charge in [-0.3, -0.25) is 0 Å². The Bertz CT molecular complexity index is 605. The summed E-state index contributed by atoms with van der Waals surface area (Å²) in [5.41, 5.74) is 0.941. The molecular weight excluding hydrogens is 283 g/mol. The average Bonchev–Trinajstić information content (AvgIpc) is 2.45. The van der Waals surface area contributed by atoms with Crippen molar-refractivity contribution in [2.24, 2.45) is 0 Å². The molecule has 0 unspecified atom stereocenters. The van der Waals surface area contributed by atoms with Crippen LogP contribution in [0.5, 0.6) is 11.5 Å². The Morgan fingerprint density at radius 1 is 1.00 bits per heavy atom. The minimum Gasteiger partial charge on any atom is -0.505 e. The second-order valence-electron chi connectivity index (χ2n) is 4.34. The molecular formula is C15H14F3NO2. The maximum Gasteiger partial charge on any atom is 0.387 e. The van der Waals surface area contributed by atoms with Gasteiger partial charge in [0.15, 0.2) is 11.6 Å². The van der Waals surface area contributed by atoms with E-state index in [1.54, 1.807) is 24.3 Å². The van der Waals surface area contributed by atoms with Crippen molar-refractivity contribution in [2.45, 2.75) is 19.7 Å². The van der Waals surface area contributed by atoms with Crippen LogP contribution < -0.4 is 10.1 Å². The van der Waals surface area contributed by atoms with Crippen LogP contribution in [-0.2, 0) is 13.1 Å². The highest BCUT2D eigenvalue weighted by Gasteiger charge is 2.10. The summed E-state index contributed by atoms with van der Waals surface area (Å²) in [6.07, 6.45) is 0. The molecule has 2 rings (SSSR count). The van der Waals surface area contributed by atoms with Crippen LogP contribution in [0.2, 0.25) is 0 Å². The van der Waals surface area contributed by atoms with E-state index in [2.05, 4.69) is 10.1 Å². The number of halogens is 3. The standard InChI is InChI=1S/C15H14F3NO2/c16-12-6-3-5-11(14(12)20)9-19-8-10-4-1-2-7-13(10)21-15(17)18/h1-7,15,19-20H,8-9H2. The van der Waals surface area contributed by atoms with Gasteiger partial charge in [-0.1, -0.05) is 30.3 Å². The molecule has 0 atom stereocenters. The summed E-state index contributed by atoms with van der Waals surface area (Å²) in [5.74, 6) is -1.03. The first-order chi connectivity index (χ1) is 10.1. The largest absolute Gasteiger partial charge is 0.505 e. The molecule has 0 amide bonds. The lowest BCUT2D eigenvalue weighted by molar-refractivity contribution is -0.0505. The molecule has 2 aromatic carbocycles. The predicted molar refractivity (Wildman–Crippen MR) is 71.7 cm³/mol.